The highest BCUT2D eigenvalue weighted by atomic mass is 32.1. The number of nitrogens with one attached hydrogen (secondary N) is 1. The Morgan fingerprint density at radius 3 is 2.72 bits per heavy atom. The fourth-order valence-corrected chi connectivity index (χ4v) is 2.55. The molecule has 1 atom stereocenters. The van der Waals surface area contributed by atoms with E-state index in [0.717, 1.165) is 22.7 Å². The maximum Gasteiger partial charge on any atom is 0.126 e. The van der Waals surface area contributed by atoms with Crippen molar-refractivity contribution in [1.29, 1.82) is 0 Å². The molecular weight excluding hydrogens is 247 g/mol. The summed E-state index contributed by atoms with van der Waals surface area (Å²) in [6, 6.07) is 5.50. The SMILES string of the molecule is CNC(Cc1csc(C)n1)c1ccc(C)c(F)c1. The van der Waals surface area contributed by atoms with Gasteiger partial charge in [0.05, 0.1) is 10.7 Å². The molecule has 1 aromatic heterocycles. The molecule has 0 saturated carbocycles. The Labute approximate surface area is 111 Å². The zero-order valence-corrected chi connectivity index (χ0v) is 11.6. The lowest BCUT2D eigenvalue weighted by atomic mass is 10.0. The molecule has 2 rings (SSSR count). The van der Waals surface area contributed by atoms with Crippen LogP contribution in [0.4, 0.5) is 4.39 Å². The van der Waals surface area contributed by atoms with E-state index in [-0.39, 0.29) is 11.9 Å². The highest BCUT2D eigenvalue weighted by Crippen LogP contribution is 2.21. The first kappa shape index (κ1) is 13.2. The minimum Gasteiger partial charge on any atom is -0.313 e. The van der Waals surface area contributed by atoms with Gasteiger partial charge in [0, 0.05) is 17.8 Å². The van der Waals surface area contributed by atoms with Gasteiger partial charge in [-0.3, -0.25) is 0 Å². The van der Waals surface area contributed by atoms with Crippen LogP contribution in [0.1, 0.15) is 27.9 Å². The maximum atomic E-state index is 13.6. The number of hydrogen-bond acceptors (Lipinski definition) is 3. The van der Waals surface area contributed by atoms with Gasteiger partial charge in [-0.2, -0.15) is 0 Å². The van der Waals surface area contributed by atoms with Crippen LogP contribution in [-0.2, 0) is 6.42 Å². The summed E-state index contributed by atoms with van der Waals surface area (Å²) in [5, 5.41) is 6.35. The van der Waals surface area contributed by atoms with Crippen LogP contribution in [0.3, 0.4) is 0 Å². The highest BCUT2D eigenvalue weighted by Gasteiger charge is 2.13. The monoisotopic (exact) mass is 264 g/mol. The molecule has 0 fully saturated rings. The van der Waals surface area contributed by atoms with Crippen molar-refractivity contribution in [2.24, 2.45) is 0 Å². The summed E-state index contributed by atoms with van der Waals surface area (Å²) in [5.74, 6) is -0.151. The lowest BCUT2D eigenvalue weighted by molar-refractivity contribution is 0.570. The summed E-state index contributed by atoms with van der Waals surface area (Å²) in [5.41, 5.74) is 2.70. The van der Waals surface area contributed by atoms with Crippen molar-refractivity contribution >= 4 is 11.3 Å². The number of likely N-dealkylation sites (N-methyl/N-ethyl adjacent to an activating group) is 1. The molecule has 1 unspecified atom stereocenters. The Morgan fingerprint density at radius 2 is 2.17 bits per heavy atom. The summed E-state index contributed by atoms with van der Waals surface area (Å²) in [4.78, 5) is 4.45. The van der Waals surface area contributed by atoms with Crippen molar-refractivity contribution in [2.75, 3.05) is 7.05 Å². The van der Waals surface area contributed by atoms with Gasteiger partial charge in [-0.15, -0.1) is 11.3 Å². The van der Waals surface area contributed by atoms with Gasteiger partial charge in [0.2, 0.25) is 0 Å². The Morgan fingerprint density at radius 1 is 1.39 bits per heavy atom. The van der Waals surface area contributed by atoms with E-state index in [9.17, 15) is 4.39 Å². The van der Waals surface area contributed by atoms with Gasteiger partial charge in [-0.05, 0) is 38.1 Å². The Balaban J connectivity index is 2.19. The third-order valence-electron chi connectivity index (χ3n) is 3.03. The molecule has 0 aliphatic heterocycles. The van der Waals surface area contributed by atoms with E-state index in [2.05, 4.69) is 15.7 Å². The van der Waals surface area contributed by atoms with Crippen LogP contribution in [0.15, 0.2) is 23.6 Å². The molecule has 0 saturated heterocycles. The topological polar surface area (TPSA) is 24.9 Å². The third kappa shape index (κ3) is 2.94. The zero-order chi connectivity index (χ0) is 13.1. The molecule has 2 aromatic rings. The van der Waals surface area contributed by atoms with Crippen molar-refractivity contribution in [1.82, 2.24) is 10.3 Å². The Kier molecular flexibility index (Phi) is 4.09. The second-order valence-corrected chi connectivity index (χ2v) is 5.47. The molecule has 0 aliphatic rings. The molecule has 2 nitrogen and oxygen atoms in total. The number of halogens is 1. The summed E-state index contributed by atoms with van der Waals surface area (Å²) in [6.45, 7) is 3.77. The van der Waals surface area contributed by atoms with Gasteiger partial charge >= 0.3 is 0 Å². The van der Waals surface area contributed by atoms with Crippen LogP contribution >= 0.6 is 11.3 Å². The molecule has 0 spiro atoms. The average Bonchev–Trinajstić information content (AvgIpc) is 2.75. The second kappa shape index (κ2) is 5.59. The van der Waals surface area contributed by atoms with E-state index in [4.69, 9.17) is 0 Å². The minimum absolute atomic E-state index is 0.0987. The fraction of sp³-hybridized carbons (Fsp3) is 0.357. The van der Waals surface area contributed by atoms with Crippen molar-refractivity contribution in [3.63, 3.8) is 0 Å². The lowest BCUT2D eigenvalue weighted by Crippen LogP contribution is -2.19. The fourth-order valence-electron chi connectivity index (χ4n) is 1.92. The molecule has 18 heavy (non-hydrogen) atoms. The smallest absolute Gasteiger partial charge is 0.126 e. The van der Waals surface area contributed by atoms with Crippen LogP contribution in [0.5, 0.6) is 0 Å². The lowest BCUT2D eigenvalue weighted by Gasteiger charge is -2.16. The van der Waals surface area contributed by atoms with E-state index in [1.807, 2.05) is 26.1 Å². The molecular formula is C14H17FN2S. The van der Waals surface area contributed by atoms with E-state index in [1.54, 1.807) is 24.3 Å². The van der Waals surface area contributed by atoms with Gasteiger partial charge in [0.15, 0.2) is 0 Å². The minimum atomic E-state index is -0.151. The zero-order valence-electron chi connectivity index (χ0n) is 10.8. The molecule has 0 amide bonds. The van der Waals surface area contributed by atoms with Crippen LogP contribution in [-0.4, -0.2) is 12.0 Å². The first-order chi connectivity index (χ1) is 8.60. The molecule has 1 N–H and O–H groups in total. The van der Waals surface area contributed by atoms with Crippen molar-refractivity contribution in [3.05, 3.63) is 51.2 Å². The summed E-state index contributed by atoms with van der Waals surface area (Å²) >= 11 is 1.64. The summed E-state index contributed by atoms with van der Waals surface area (Å²) < 4.78 is 13.6. The second-order valence-electron chi connectivity index (χ2n) is 4.41. The number of hydrogen-bond donors (Lipinski definition) is 1. The number of benzene rings is 1. The van der Waals surface area contributed by atoms with E-state index in [1.165, 1.54) is 0 Å². The van der Waals surface area contributed by atoms with Gasteiger partial charge in [0.25, 0.3) is 0 Å². The molecule has 4 heteroatoms. The van der Waals surface area contributed by atoms with E-state index in [0.29, 0.717) is 5.56 Å². The standard InChI is InChI=1S/C14H17FN2S/c1-9-4-5-11(6-13(9)15)14(16-3)7-12-8-18-10(2)17-12/h4-6,8,14,16H,7H2,1-3H3. The Hall–Kier alpha value is -1.26. The number of nitrogens with zero attached hydrogens (tertiary/aromatic N) is 1. The molecule has 0 bridgehead atoms. The van der Waals surface area contributed by atoms with Gasteiger partial charge in [-0.25, -0.2) is 9.37 Å². The first-order valence-electron chi connectivity index (χ1n) is 5.94. The molecule has 1 aromatic carbocycles. The van der Waals surface area contributed by atoms with Gasteiger partial charge in [-0.1, -0.05) is 12.1 Å². The summed E-state index contributed by atoms with van der Waals surface area (Å²) in [6.07, 6.45) is 0.781. The maximum absolute atomic E-state index is 13.6. The normalized spacial score (nSPS) is 12.7. The summed E-state index contributed by atoms with van der Waals surface area (Å²) in [7, 11) is 1.89. The largest absolute Gasteiger partial charge is 0.313 e. The molecule has 0 aliphatic carbocycles. The predicted octanol–water partition coefficient (Wildman–Crippen LogP) is 3.40. The number of aryl methyl sites for hydroxylation is 2. The number of aromatic nitrogens is 1. The molecule has 1 heterocycles. The predicted molar refractivity (Wildman–Crippen MR) is 73.5 cm³/mol. The van der Waals surface area contributed by atoms with E-state index >= 15 is 0 Å². The number of rotatable bonds is 4. The molecule has 0 radical (unpaired) electrons. The van der Waals surface area contributed by atoms with Crippen molar-refractivity contribution in [2.45, 2.75) is 26.3 Å². The Bertz CT molecular complexity index is 536. The van der Waals surface area contributed by atoms with Gasteiger partial charge in [0.1, 0.15) is 5.82 Å². The van der Waals surface area contributed by atoms with Crippen LogP contribution in [0, 0.1) is 19.7 Å². The third-order valence-corrected chi connectivity index (χ3v) is 3.85. The molecule has 96 valence electrons. The van der Waals surface area contributed by atoms with Crippen LogP contribution in [0.2, 0.25) is 0 Å². The van der Waals surface area contributed by atoms with Crippen molar-refractivity contribution in [3.8, 4) is 0 Å². The van der Waals surface area contributed by atoms with E-state index < -0.39 is 0 Å². The van der Waals surface area contributed by atoms with Crippen molar-refractivity contribution < 1.29 is 4.39 Å². The van der Waals surface area contributed by atoms with Crippen LogP contribution < -0.4 is 5.32 Å². The van der Waals surface area contributed by atoms with Crippen LogP contribution in [0.25, 0.3) is 0 Å². The number of thiazole rings is 1. The average molecular weight is 264 g/mol. The van der Waals surface area contributed by atoms with Gasteiger partial charge < -0.3 is 5.32 Å². The quantitative estimate of drug-likeness (QED) is 0.915. The highest BCUT2D eigenvalue weighted by molar-refractivity contribution is 7.09. The first-order valence-corrected chi connectivity index (χ1v) is 6.82.